The monoisotopic (exact) mass is 298 g/mol. The van der Waals surface area contributed by atoms with Gasteiger partial charge >= 0.3 is 11.9 Å². The summed E-state index contributed by atoms with van der Waals surface area (Å²) in [6.07, 6.45) is 0.828. The highest BCUT2D eigenvalue weighted by molar-refractivity contribution is 5.87. The minimum atomic E-state index is -0.427. The van der Waals surface area contributed by atoms with Crippen molar-refractivity contribution in [2.75, 3.05) is 20.3 Å². The standard InChI is InChI=1S/C14H22N2O5/c1-4-20-13(17)7-6-8-16-12(14(18)21-5-2)9-11(15-16)10-19-3/h9H,4-8,10H2,1-3H3. The topological polar surface area (TPSA) is 79.7 Å². The zero-order valence-corrected chi connectivity index (χ0v) is 12.8. The molecule has 1 aromatic heterocycles. The summed E-state index contributed by atoms with van der Waals surface area (Å²) in [5.74, 6) is -0.678. The first-order chi connectivity index (χ1) is 10.1. The second-order valence-electron chi connectivity index (χ2n) is 4.31. The molecule has 0 N–H and O–H groups in total. The fourth-order valence-corrected chi connectivity index (χ4v) is 1.83. The van der Waals surface area contributed by atoms with Crippen LogP contribution in [0.2, 0.25) is 0 Å². The van der Waals surface area contributed by atoms with E-state index in [-0.39, 0.29) is 12.4 Å². The minimum Gasteiger partial charge on any atom is -0.466 e. The molecule has 7 heteroatoms. The number of aromatic nitrogens is 2. The van der Waals surface area contributed by atoms with Gasteiger partial charge in [-0.1, -0.05) is 0 Å². The maximum Gasteiger partial charge on any atom is 0.356 e. The van der Waals surface area contributed by atoms with Crippen molar-refractivity contribution in [3.8, 4) is 0 Å². The smallest absolute Gasteiger partial charge is 0.356 e. The number of rotatable bonds is 9. The zero-order valence-electron chi connectivity index (χ0n) is 12.8. The average molecular weight is 298 g/mol. The van der Waals surface area contributed by atoms with Gasteiger partial charge in [-0.15, -0.1) is 0 Å². The van der Waals surface area contributed by atoms with Crippen molar-refractivity contribution >= 4 is 11.9 Å². The van der Waals surface area contributed by atoms with Gasteiger partial charge in [0.05, 0.1) is 25.5 Å². The van der Waals surface area contributed by atoms with E-state index in [9.17, 15) is 9.59 Å². The van der Waals surface area contributed by atoms with E-state index in [2.05, 4.69) is 5.10 Å². The van der Waals surface area contributed by atoms with Gasteiger partial charge in [-0.3, -0.25) is 9.48 Å². The number of methoxy groups -OCH3 is 1. The molecule has 0 spiro atoms. The van der Waals surface area contributed by atoms with E-state index in [1.165, 1.54) is 0 Å². The Bertz CT molecular complexity index is 470. The van der Waals surface area contributed by atoms with Gasteiger partial charge < -0.3 is 14.2 Å². The van der Waals surface area contributed by atoms with Crippen LogP contribution in [0.1, 0.15) is 42.9 Å². The first kappa shape index (κ1) is 17.2. The summed E-state index contributed by atoms with van der Waals surface area (Å²) in [6.45, 7) is 4.93. The van der Waals surface area contributed by atoms with E-state index in [4.69, 9.17) is 14.2 Å². The Morgan fingerprint density at radius 2 is 1.95 bits per heavy atom. The molecule has 0 bridgehead atoms. The van der Waals surface area contributed by atoms with Crippen molar-refractivity contribution in [1.82, 2.24) is 9.78 Å². The normalized spacial score (nSPS) is 10.4. The average Bonchev–Trinajstić information content (AvgIpc) is 2.83. The largest absolute Gasteiger partial charge is 0.466 e. The Labute approximate surface area is 124 Å². The van der Waals surface area contributed by atoms with Gasteiger partial charge in [0.1, 0.15) is 5.69 Å². The minimum absolute atomic E-state index is 0.251. The van der Waals surface area contributed by atoms with Crippen molar-refractivity contribution in [2.45, 2.75) is 39.8 Å². The first-order valence-electron chi connectivity index (χ1n) is 7.00. The summed E-state index contributed by atoms with van der Waals surface area (Å²) < 4.78 is 16.4. The van der Waals surface area contributed by atoms with Crippen LogP contribution in [-0.4, -0.2) is 42.0 Å². The zero-order chi connectivity index (χ0) is 15.7. The van der Waals surface area contributed by atoms with Crippen molar-refractivity contribution in [3.63, 3.8) is 0 Å². The van der Waals surface area contributed by atoms with E-state index in [1.54, 1.807) is 31.7 Å². The molecular weight excluding hydrogens is 276 g/mol. The Balaban J connectivity index is 2.69. The van der Waals surface area contributed by atoms with Crippen LogP contribution in [0.5, 0.6) is 0 Å². The predicted molar refractivity (Wildman–Crippen MR) is 74.8 cm³/mol. The van der Waals surface area contributed by atoms with Gasteiger partial charge in [-0.2, -0.15) is 5.10 Å². The van der Waals surface area contributed by atoms with E-state index in [0.717, 1.165) is 0 Å². The fraction of sp³-hybridized carbons (Fsp3) is 0.643. The van der Waals surface area contributed by atoms with Crippen molar-refractivity contribution in [2.24, 2.45) is 0 Å². The second-order valence-corrected chi connectivity index (χ2v) is 4.31. The molecule has 0 fully saturated rings. The van der Waals surface area contributed by atoms with Crippen LogP contribution in [0.3, 0.4) is 0 Å². The molecule has 1 aromatic rings. The molecule has 0 aliphatic rings. The lowest BCUT2D eigenvalue weighted by molar-refractivity contribution is -0.143. The van der Waals surface area contributed by atoms with Gasteiger partial charge in [-0.05, 0) is 26.3 Å². The number of carbonyl (C=O) groups excluding carboxylic acids is 2. The number of ether oxygens (including phenoxy) is 3. The number of nitrogens with zero attached hydrogens (tertiary/aromatic N) is 2. The Hall–Kier alpha value is -1.89. The van der Waals surface area contributed by atoms with Gasteiger partial charge in [0.25, 0.3) is 0 Å². The van der Waals surface area contributed by atoms with Gasteiger partial charge in [0.15, 0.2) is 0 Å². The lowest BCUT2D eigenvalue weighted by Gasteiger charge is -2.06. The van der Waals surface area contributed by atoms with Crippen LogP contribution in [0.25, 0.3) is 0 Å². The van der Waals surface area contributed by atoms with E-state index in [0.29, 0.717) is 44.2 Å². The highest BCUT2D eigenvalue weighted by Gasteiger charge is 2.16. The van der Waals surface area contributed by atoms with Gasteiger partial charge in [0, 0.05) is 20.1 Å². The molecule has 1 heterocycles. The van der Waals surface area contributed by atoms with E-state index in [1.807, 2.05) is 0 Å². The predicted octanol–water partition coefficient (Wildman–Crippen LogP) is 1.55. The van der Waals surface area contributed by atoms with Crippen LogP contribution in [-0.2, 0) is 32.2 Å². The molecule has 0 amide bonds. The quantitative estimate of drug-likeness (QED) is 0.644. The number of hydrogen-bond acceptors (Lipinski definition) is 6. The van der Waals surface area contributed by atoms with Gasteiger partial charge in [-0.25, -0.2) is 4.79 Å². The third kappa shape index (κ3) is 5.55. The Kier molecular flexibility index (Phi) is 7.45. The van der Waals surface area contributed by atoms with Crippen molar-refractivity contribution in [3.05, 3.63) is 17.5 Å². The maximum atomic E-state index is 11.9. The molecule has 0 saturated carbocycles. The summed E-state index contributed by atoms with van der Waals surface area (Å²) >= 11 is 0. The molecule has 21 heavy (non-hydrogen) atoms. The molecule has 1 rings (SSSR count). The SMILES string of the molecule is CCOC(=O)CCCn1nc(COC)cc1C(=O)OCC. The second kappa shape index (κ2) is 9.12. The molecule has 0 atom stereocenters. The van der Waals surface area contributed by atoms with Crippen LogP contribution < -0.4 is 0 Å². The van der Waals surface area contributed by atoms with E-state index < -0.39 is 5.97 Å². The van der Waals surface area contributed by atoms with Crippen LogP contribution >= 0.6 is 0 Å². The number of hydrogen-bond donors (Lipinski definition) is 0. The third-order valence-electron chi connectivity index (χ3n) is 2.66. The highest BCUT2D eigenvalue weighted by Crippen LogP contribution is 2.09. The third-order valence-corrected chi connectivity index (χ3v) is 2.66. The molecule has 0 saturated heterocycles. The lowest BCUT2D eigenvalue weighted by Crippen LogP contribution is -2.14. The van der Waals surface area contributed by atoms with Crippen molar-refractivity contribution in [1.29, 1.82) is 0 Å². The molecule has 0 aromatic carbocycles. The molecule has 0 unspecified atom stereocenters. The first-order valence-corrected chi connectivity index (χ1v) is 7.00. The molecule has 7 nitrogen and oxygen atoms in total. The lowest BCUT2D eigenvalue weighted by atomic mass is 10.3. The number of carbonyl (C=O) groups is 2. The van der Waals surface area contributed by atoms with Crippen LogP contribution in [0.15, 0.2) is 6.07 Å². The van der Waals surface area contributed by atoms with E-state index >= 15 is 0 Å². The maximum absolute atomic E-state index is 11.9. The summed E-state index contributed by atoms with van der Waals surface area (Å²) in [5.41, 5.74) is 1.02. The molecular formula is C14H22N2O5. The summed E-state index contributed by atoms with van der Waals surface area (Å²) in [4.78, 5) is 23.2. The summed E-state index contributed by atoms with van der Waals surface area (Å²) in [7, 11) is 1.56. The summed E-state index contributed by atoms with van der Waals surface area (Å²) in [5, 5.41) is 4.28. The Morgan fingerprint density at radius 3 is 2.57 bits per heavy atom. The van der Waals surface area contributed by atoms with Crippen molar-refractivity contribution < 1.29 is 23.8 Å². The number of aryl methyl sites for hydroxylation is 1. The molecule has 0 aliphatic heterocycles. The number of esters is 2. The summed E-state index contributed by atoms with van der Waals surface area (Å²) in [6, 6.07) is 1.64. The molecule has 118 valence electrons. The fourth-order valence-electron chi connectivity index (χ4n) is 1.83. The molecule has 0 aliphatic carbocycles. The van der Waals surface area contributed by atoms with Gasteiger partial charge in [0.2, 0.25) is 0 Å². The van der Waals surface area contributed by atoms with Crippen LogP contribution in [0, 0.1) is 0 Å². The molecule has 0 radical (unpaired) electrons. The highest BCUT2D eigenvalue weighted by atomic mass is 16.5. The van der Waals surface area contributed by atoms with Crippen LogP contribution in [0.4, 0.5) is 0 Å². The Morgan fingerprint density at radius 1 is 1.24 bits per heavy atom.